The van der Waals surface area contributed by atoms with Gasteiger partial charge in [0.2, 0.25) is 0 Å². The molecular formula is C20H27N3OS. The number of carbonyl (C=O) groups is 1. The summed E-state index contributed by atoms with van der Waals surface area (Å²) in [6.45, 7) is 10.8. The zero-order valence-electron chi connectivity index (χ0n) is 15.7. The van der Waals surface area contributed by atoms with Crippen molar-refractivity contribution in [3.63, 3.8) is 0 Å². The predicted molar refractivity (Wildman–Crippen MR) is 103 cm³/mol. The first-order valence-corrected chi connectivity index (χ1v) is 9.97. The van der Waals surface area contributed by atoms with Gasteiger partial charge in [-0.05, 0) is 23.8 Å². The van der Waals surface area contributed by atoms with Crippen LogP contribution in [0.4, 0.5) is 0 Å². The summed E-state index contributed by atoms with van der Waals surface area (Å²) in [7, 11) is 0. The van der Waals surface area contributed by atoms with Crippen LogP contribution in [0.3, 0.4) is 0 Å². The third-order valence-electron chi connectivity index (χ3n) is 4.52. The molecule has 1 aromatic heterocycles. The average molecular weight is 358 g/mol. The number of hydrogen-bond acceptors (Lipinski definition) is 4. The van der Waals surface area contributed by atoms with Crippen molar-refractivity contribution >= 4 is 17.5 Å². The lowest BCUT2D eigenvalue weighted by atomic mass is 9.86. The number of thioether (sulfide) groups is 1. The van der Waals surface area contributed by atoms with Gasteiger partial charge in [0.25, 0.3) is 0 Å². The first-order valence-electron chi connectivity index (χ1n) is 8.98. The smallest absolute Gasteiger partial charge is 0.191 e. The highest BCUT2D eigenvalue weighted by molar-refractivity contribution is 7.99. The Morgan fingerprint density at radius 1 is 1.20 bits per heavy atom. The maximum Gasteiger partial charge on any atom is 0.191 e. The van der Waals surface area contributed by atoms with Crippen molar-refractivity contribution in [1.29, 1.82) is 0 Å². The fourth-order valence-corrected chi connectivity index (χ4v) is 3.73. The lowest BCUT2D eigenvalue weighted by Gasteiger charge is -2.18. The van der Waals surface area contributed by atoms with Crippen molar-refractivity contribution in [2.45, 2.75) is 70.0 Å². The van der Waals surface area contributed by atoms with Crippen molar-refractivity contribution < 1.29 is 4.79 Å². The largest absolute Gasteiger partial charge is 0.303 e. The average Bonchev–Trinajstić information content (AvgIpc) is 3.30. The molecule has 3 rings (SSSR count). The fourth-order valence-electron chi connectivity index (χ4n) is 2.83. The molecule has 1 heterocycles. The topological polar surface area (TPSA) is 47.8 Å². The van der Waals surface area contributed by atoms with Crippen molar-refractivity contribution in [1.82, 2.24) is 14.8 Å². The summed E-state index contributed by atoms with van der Waals surface area (Å²) < 4.78 is 2.24. The Hall–Kier alpha value is -1.62. The number of hydrogen-bond donors (Lipinski definition) is 0. The molecule has 0 radical (unpaired) electrons. The van der Waals surface area contributed by atoms with Gasteiger partial charge >= 0.3 is 0 Å². The Morgan fingerprint density at radius 2 is 1.84 bits per heavy atom. The number of benzene rings is 1. The maximum atomic E-state index is 12.5. The highest BCUT2D eigenvalue weighted by atomic mass is 32.2. The van der Waals surface area contributed by atoms with E-state index in [0.717, 1.165) is 16.5 Å². The van der Waals surface area contributed by atoms with Crippen molar-refractivity contribution in [2.75, 3.05) is 5.75 Å². The van der Waals surface area contributed by atoms with Crippen LogP contribution in [-0.2, 0) is 5.41 Å². The van der Waals surface area contributed by atoms with Gasteiger partial charge in [0.05, 0.1) is 5.75 Å². The lowest BCUT2D eigenvalue weighted by molar-refractivity contribution is 0.102. The molecule has 4 nitrogen and oxygen atoms in total. The number of Topliss-reactive ketones (excluding diaryl/α,β-unsaturated/α-hetero) is 1. The van der Waals surface area contributed by atoms with E-state index in [9.17, 15) is 4.79 Å². The zero-order valence-corrected chi connectivity index (χ0v) is 16.6. The van der Waals surface area contributed by atoms with Crippen LogP contribution < -0.4 is 0 Å². The van der Waals surface area contributed by atoms with Gasteiger partial charge in [0, 0.05) is 17.5 Å². The first kappa shape index (κ1) is 18.2. The van der Waals surface area contributed by atoms with Crippen LogP contribution >= 0.6 is 11.8 Å². The van der Waals surface area contributed by atoms with Gasteiger partial charge in [-0.1, -0.05) is 70.6 Å². The molecule has 1 aliphatic rings. The van der Waals surface area contributed by atoms with Gasteiger partial charge < -0.3 is 4.57 Å². The van der Waals surface area contributed by atoms with Crippen LogP contribution in [-0.4, -0.2) is 26.3 Å². The van der Waals surface area contributed by atoms with E-state index in [1.807, 2.05) is 12.1 Å². The maximum absolute atomic E-state index is 12.5. The third-order valence-corrected chi connectivity index (χ3v) is 5.47. The molecule has 0 atom stereocenters. The standard InChI is InChI=1S/C20H27N3OS/c1-13(2)18-21-22-19(23(18)16-10-11-16)25-12-17(24)14-6-8-15(9-7-14)20(3,4)5/h6-9,13,16H,10-12H2,1-5H3. The van der Waals surface area contributed by atoms with Crippen molar-refractivity contribution in [3.05, 3.63) is 41.2 Å². The van der Waals surface area contributed by atoms with Gasteiger partial charge in [-0.15, -0.1) is 10.2 Å². The second kappa shape index (κ2) is 6.94. The number of carbonyl (C=O) groups excluding carboxylic acids is 1. The summed E-state index contributed by atoms with van der Waals surface area (Å²) in [6, 6.07) is 8.52. The van der Waals surface area contributed by atoms with Gasteiger partial charge in [0.1, 0.15) is 5.82 Å². The number of nitrogens with zero attached hydrogens (tertiary/aromatic N) is 3. The Morgan fingerprint density at radius 3 is 2.36 bits per heavy atom. The SMILES string of the molecule is CC(C)c1nnc(SCC(=O)c2ccc(C(C)(C)C)cc2)n1C1CC1. The van der Waals surface area contributed by atoms with Crippen LogP contribution in [0.1, 0.15) is 81.2 Å². The van der Waals surface area contributed by atoms with Gasteiger partial charge in [-0.3, -0.25) is 4.79 Å². The van der Waals surface area contributed by atoms with E-state index in [1.165, 1.54) is 30.2 Å². The summed E-state index contributed by atoms with van der Waals surface area (Å²) in [4.78, 5) is 12.5. The molecule has 1 saturated carbocycles. The van der Waals surface area contributed by atoms with E-state index >= 15 is 0 Å². The summed E-state index contributed by atoms with van der Waals surface area (Å²) in [5.74, 6) is 1.93. The molecule has 0 amide bonds. The molecule has 0 unspecified atom stereocenters. The van der Waals surface area contributed by atoms with Crippen LogP contribution in [0.2, 0.25) is 0 Å². The summed E-state index contributed by atoms with van der Waals surface area (Å²) in [6.07, 6.45) is 2.38. The Kier molecular flexibility index (Phi) is 5.05. The first-order chi connectivity index (χ1) is 11.8. The van der Waals surface area contributed by atoms with Crippen molar-refractivity contribution in [2.24, 2.45) is 0 Å². The Bertz CT molecular complexity index is 752. The molecular weight excluding hydrogens is 330 g/mol. The normalized spacial score (nSPS) is 15.0. The number of ketones is 1. The van der Waals surface area contributed by atoms with Crippen LogP contribution in [0, 0.1) is 0 Å². The Balaban J connectivity index is 1.69. The summed E-state index contributed by atoms with van der Waals surface area (Å²) in [5, 5.41) is 9.56. The number of aromatic nitrogens is 3. The molecule has 0 saturated heterocycles. The number of rotatable bonds is 6. The minimum absolute atomic E-state index is 0.101. The molecule has 1 aromatic carbocycles. The van der Waals surface area contributed by atoms with Crippen LogP contribution in [0.5, 0.6) is 0 Å². The van der Waals surface area contributed by atoms with Gasteiger partial charge in [-0.2, -0.15) is 0 Å². The highest BCUT2D eigenvalue weighted by Gasteiger charge is 2.30. The van der Waals surface area contributed by atoms with Gasteiger partial charge in [0.15, 0.2) is 10.9 Å². The third kappa shape index (κ3) is 4.14. The second-order valence-electron chi connectivity index (χ2n) is 8.14. The second-order valence-corrected chi connectivity index (χ2v) is 9.08. The van der Waals surface area contributed by atoms with Gasteiger partial charge in [-0.25, -0.2) is 0 Å². The highest BCUT2D eigenvalue weighted by Crippen LogP contribution is 2.40. The summed E-state index contributed by atoms with van der Waals surface area (Å²) in [5.41, 5.74) is 2.11. The monoisotopic (exact) mass is 357 g/mol. The molecule has 25 heavy (non-hydrogen) atoms. The minimum Gasteiger partial charge on any atom is -0.303 e. The molecule has 0 N–H and O–H groups in total. The van der Waals surface area contributed by atoms with E-state index in [1.54, 1.807) is 0 Å². The quantitative estimate of drug-likeness (QED) is 0.538. The lowest BCUT2D eigenvalue weighted by Crippen LogP contribution is -2.11. The molecule has 1 aliphatic carbocycles. The fraction of sp³-hybridized carbons (Fsp3) is 0.550. The molecule has 2 aromatic rings. The molecule has 0 aliphatic heterocycles. The Labute approximate surface area is 154 Å². The molecule has 0 spiro atoms. The molecule has 1 fully saturated rings. The molecule has 5 heteroatoms. The van der Waals surface area contributed by atoms with E-state index in [2.05, 4.69) is 61.5 Å². The van der Waals surface area contributed by atoms with Crippen molar-refractivity contribution in [3.8, 4) is 0 Å². The van der Waals surface area contributed by atoms with E-state index in [0.29, 0.717) is 17.7 Å². The predicted octanol–water partition coefficient (Wildman–Crippen LogP) is 5.01. The minimum atomic E-state index is 0.101. The zero-order chi connectivity index (χ0) is 18.2. The van der Waals surface area contributed by atoms with Crippen LogP contribution in [0.25, 0.3) is 0 Å². The molecule has 0 bridgehead atoms. The van der Waals surface area contributed by atoms with E-state index in [-0.39, 0.29) is 11.2 Å². The van der Waals surface area contributed by atoms with Crippen LogP contribution in [0.15, 0.2) is 29.4 Å². The molecule has 134 valence electrons. The van der Waals surface area contributed by atoms with E-state index in [4.69, 9.17) is 0 Å². The summed E-state index contributed by atoms with van der Waals surface area (Å²) >= 11 is 1.51. The van der Waals surface area contributed by atoms with E-state index < -0.39 is 0 Å².